The fourth-order valence-corrected chi connectivity index (χ4v) is 1.63. The van der Waals surface area contributed by atoms with E-state index in [9.17, 15) is 4.79 Å². The molecule has 1 atom stereocenters. The van der Waals surface area contributed by atoms with Crippen molar-refractivity contribution < 1.29 is 4.79 Å². The number of hydrogen-bond donors (Lipinski definition) is 2. The highest BCUT2D eigenvalue weighted by Gasteiger charge is 2.09. The lowest BCUT2D eigenvalue weighted by Gasteiger charge is -2.05. The van der Waals surface area contributed by atoms with Crippen molar-refractivity contribution in [3.8, 4) is 5.95 Å². The zero-order valence-electron chi connectivity index (χ0n) is 10.9. The second-order valence-corrected chi connectivity index (χ2v) is 4.30. The molecule has 100 valence electrons. The van der Waals surface area contributed by atoms with Crippen molar-refractivity contribution >= 4 is 5.91 Å². The van der Waals surface area contributed by atoms with Crippen molar-refractivity contribution in [3.05, 3.63) is 35.9 Å². The number of nitrogens with one attached hydrogen (secondary N) is 1. The summed E-state index contributed by atoms with van der Waals surface area (Å²) in [5.74, 6) is 0.177. The summed E-state index contributed by atoms with van der Waals surface area (Å²) < 4.78 is 1.46. The highest BCUT2D eigenvalue weighted by molar-refractivity contribution is 5.91. The van der Waals surface area contributed by atoms with E-state index in [1.165, 1.54) is 4.68 Å². The molecule has 2 heterocycles. The number of nitrogens with two attached hydrogens (primary N) is 1. The zero-order chi connectivity index (χ0) is 13.8. The molecule has 0 aliphatic carbocycles. The van der Waals surface area contributed by atoms with Crippen LogP contribution in [0.1, 0.15) is 23.0 Å². The first-order valence-electron chi connectivity index (χ1n) is 5.94. The topological polar surface area (TPSA) is 98.7 Å². The van der Waals surface area contributed by atoms with E-state index in [0.717, 1.165) is 12.0 Å². The van der Waals surface area contributed by atoms with Gasteiger partial charge in [0.1, 0.15) is 0 Å². The predicted octanol–water partition coefficient (Wildman–Crippen LogP) is -0.0884. The van der Waals surface area contributed by atoms with Crippen molar-refractivity contribution in [1.29, 1.82) is 0 Å². The Morgan fingerprint density at radius 2 is 2.16 bits per heavy atom. The summed E-state index contributed by atoms with van der Waals surface area (Å²) in [5.41, 5.74) is 7.00. The molecule has 2 rings (SSSR count). The summed E-state index contributed by atoms with van der Waals surface area (Å²) in [7, 11) is 1.56. The van der Waals surface area contributed by atoms with Gasteiger partial charge in [-0.05, 0) is 25.0 Å². The molecule has 0 fully saturated rings. The molecule has 2 aromatic heterocycles. The lowest BCUT2D eigenvalue weighted by atomic mass is 10.1. The van der Waals surface area contributed by atoms with Gasteiger partial charge in [-0.3, -0.25) is 4.79 Å². The van der Waals surface area contributed by atoms with E-state index < -0.39 is 0 Å². The molecule has 2 aromatic rings. The smallest absolute Gasteiger partial charge is 0.271 e. The van der Waals surface area contributed by atoms with Gasteiger partial charge in [0.2, 0.25) is 5.95 Å². The summed E-state index contributed by atoms with van der Waals surface area (Å²) in [6, 6.07) is 1.68. The molecule has 0 saturated carbocycles. The Hall–Kier alpha value is -2.28. The predicted molar refractivity (Wildman–Crippen MR) is 69.9 cm³/mol. The molecule has 3 N–H and O–H groups in total. The van der Waals surface area contributed by atoms with Crippen molar-refractivity contribution in [2.75, 3.05) is 7.05 Å². The van der Waals surface area contributed by atoms with Gasteiger partial charge < -0.3 is 11.1 Å². The number of nitrogens with zero attached hydrogens (tertiary/aromatic N) is 4. The molecule has 0 spiro atoms. The molecular formula is C12H16N6O. The summed E-state index contributed by atoms with van der Waals surface area (Å²) in [5, 5.41) is 6.60. The van der Waals surface area contributed by atoms with E-state index in [1.54, 1.807) is 31.7 Å². The first kappa shape index (κ1) is 13.2. The van der Waals surface area contributed by atoms with E-state index >= 15 is 0 Å². The average molecular weight is 260 g/mol. The van der Waals surface area contributed by atoms with E-state index in [4.69, 9.17) is 5.73 Å². The van der Waals surface area contributed by atoms with Gasteiger partial charge in [0.15, 0.2) is 5.69 Å². The van der Waals surface area contributed by atoms with Gasteiger partial charge >= 0.3 is 0 Å². The van der Waals surface area contributed by atoms with Crippen LogP contribution in [0.4, 0.5) is 0 Å². The molecule has 0 saturated heterocycles. The van der Waals surface area contributed by atoms with Crippen LogP contribution in [0.5, 0.6) is 0 Å². The lowest BCUT2D eigenvalue weighted by molar-refractivity contribution is 0.0957. The molecule has 1 unspecified atom stereocenters. The lowest BCUT2D eigenvalue weighted by Crippen LogP contribution is -2.19. The second-order valence-electron chi connectivity index (χ2n) is 4.30. The molecule has 19 heavy (non-hydrogen) atoms. The standard InChI is InChI=1S/C12H16N6O/c1-8(13)5-9-6-15-12(16-7-9)18-4-3-10(17-18)11(19)14-2/h3-4,6-8H,5,13H2,1-2H3,(H,14,19). The first-order chi connectivity index (χ1) is 9.10. The minimum Gasteiger partial charge on any atom is -0.354 e. The average Bonchev–Trinajstić information content (AvgIpc) is 2.87. The van der Waals surface area contributed by atoms with Crippen LogP contribution < -0.4 is 11.1 Å². The van der Waals surface area contributed by atoms with Crippen LogP contribution >= 0.6 is 0 Å². The van der Waals surface area contributed by atoms with E-state index in [1.807, 2.05) is 6.92 Å². The fourth-order valence-electron chi connectivity index (χ4n) is 1.63. The summed E-state index contributed by atoms with van der Waals surface area (Å²) in [4.78, 5) is 19.8. The number of hydrogen-bond acceptors (Lipinski definition) is 5. The van der Waals surface area contributed by atoms with Gasteiger partial charge in [0.25, 0.3) is 5.91 Å². The molecule has 0 radical (unpaired) electrons. The minimum atomic E-state index is -0.243. The number of amides is 1. The third kappa shape index (κ3) is 3.14. The number of rotatable bonds is 4. The van der Waals surface area contributed by atoms with Crippen LogP contribution in [0.25, 0.3) is 5.95 Å². The van der Waals surface area contributed by atoms with Crippen molar-refractivity contribution in [3.63, 3.8) is 0 Å². The van der Waals surface area contributed by atoms with Gasteiger partial charge in [-0.2, -0.15) is 5.10 Å². The molecule has 7 heteroatoms. The molecule has 0 aromatic carbocycles. The zero-order valence-corrected chi connectivity index (χ0v) is 10.9. The number of carbonyl (C=O) groups excluding carboxylic acids is 1. The maximum atomic E-state index is 11.4. The summed E-state index contributed by atoms with van der Waals surface area (Å²) in [6.45, 7) is 1.93. The fraction of sp³-hybridized carbons (Fsp3) is 0.333. The molecule has 0 aliphatic heterocycles. The van der Waals surface area contributed by atoms with Gasteiger partial charge in [-0.1, -0.05) is 0 Å². The van der Waals surface area contributed by atoms with E-state index in [2.05, 4.69) is 20.4 Å². The van der Waals surface area contributed by atoms with Crippen LogP contribution in [0, 0.1) is 0 Å². The van der Waals surface area contributed by atoms with Gasteiger partial charge in [-0.15, -0.1) is 0 Å². The maximum absolute atomic E-state index is 11.4. The van der Waals surface area contributed by atoms with Crippen LogP contribution in [0.2, 0.25) is 0 Å². The van der Waals surface area contributed by atoms with Crippen molar-refractivity contribution in [1.82, 2.24) is 25.1 Å². The summed E-state index contributed by atoms with van der Waals surface area (Å²) >= 11 is 0. The monoisotopic (exact) mass is 260 g/mol. The van der Waals surface area contributed by atoms with E-state index in [0.29, 0.717) is 11.6 Å². The van der Waals surface area contributed by atoms with Gasteiger partial charge in [0.05, 0.1) is 0 Å². The Morgan fingerprint density at radius 1 is 1.47 bits per heavy atom. The van der Waals surface area contributed by atoms with Crippen molar-refractivity contribution in [2.45, 2.75) is 19.4 Å². The molecule has 0 bridgehead atoms. The molecular weight excluding hydrogens is 244 g/mol. The summed E-state index contributed by atoms with van der Waals surface area (Å²) in [6.07, 6.45) is 5.80. The largest absolute Gasteiger partial charge is 0.354 e. The number of carbonyl (C=O) groups is 1. The Balaban J connectivity index is 2.18. The molecule has 0 aliphatic rings. The Bertz CT molecular complexity index is 560. The van der Waals surface area contributed by atoms with Crippen molar-refractivity contribution in [2.24, 2.45) is 5.73 Å². The van der Waals surface area contributed by atoms with Crippen LogP contribution in [0.15, 0.2) is 24.7 Å². The third-order valence-electron chi connectivity index (χ3n) is 2.50. The normalized spacial score (nSPS) is 12.2. The Labute approximate surface area is 110 Å². The van der Waals surface area contributed by atoms with Gasteiger partial charge in [0, 0.05) is 31.7 Å². The van der Waals surface area contributed by atoms with Crippen LogP contribution in [0.3, 0.4) is 0 Å². The first-order valence-corrected chi connectivity index (χ1v) is 5.94. The third-order valence-corrected chi connectivity index (χ3v) is 2.50. The Kier molecular flexibility index (Phi) is 3.86. The van der Waals surface area contributed by atoms with Gasteiger partial charge in [-0.25, -0.2) is 14.6 Å². The molecule has 7 nitrogen and oxygen atoms in total. The number of aromatic nitrogens is 4. The van der Waals surface area contributed by atoms with Crippen LogP contribution in [-0.4, -0.2) is 38.7 Å². The highest BCUT2D eigenvalue weighted by atomic mass is 16.1. The molecule has 1 amide bonds. The second kappa shape index (κ2) is 5.57. The Morgan fingerprint density at radius 3 is 2.74 bits per heavy atom. The van der Waals surface area contributed by atoms with Crippen LogP contribution in [-0.2, 0) is 6.42 Å². The maximum Gasteiger partial charge on any atom is 0.271 e. The quantitative estimate of drug-likeness (QED) is 0.800. The van der Waals surface area contributed by atoms with E-state index in [-0.39, 0.29) is 11.9 Å². The highest BCUT2D eigenvalue weighted by Crippen LogP contribution is 2.04. The minimum absolute atomic E-state index is 0.0685. The SMILES string of the molecule is CNC(=O)c1ccn(-c2ncc(CC(C)N)cn2)n1.